The number of likely N-dealkylation sites (N-methyl/N-ethyl adjacent to an activating group) is 1. The van der Waals surface area contributed by atoms with Crippen molar-refractivity contribution in [2.45, 2.75) is 6.92 Å². The lowest BCUT2D eigenvalue weighted by Crippen LogP contribution is -2.35. The van der Waals surface area contributed by atoms with Crippen molar-refractivity contribution in [3.63, 3.8) is 0 Å². The molecule has 0 aliphatic carbocycles. The molecule has 2 amide bonds. The van der Waals surface area contributed by atoms with Gasteiger partial charge in [-0.3, -0.25) is 9.59 Å². The molecule has 134 valence electrons. The summed E-state index contributed by atoms with van der Waals surface area (Å²) in [6, 6.07) is 12.7. The third-order valence-corrected chi connectivity index (χ3v) is 3.93. The van der Waals surface area contributed by atoms with Crippen molar-refractivity contribution >= 4 is 29.3 Å². The van der Waals surface area contributed by atoms with Crippen molar-refractivity contribution in [1.29, 1.82) is 0 Å². The third kappa shape index (κ3) is 4.03. The Balaban J connectivity index is 1.65. The zero-order valence-electron chi connectivity index (χ0n) is 14.7. The average molecular weight is 352 g/mol. The molecule has 0 spiro atoms. The van der Waals surface area contributed by atoms with Gasteiger partial charge in [0, 0.05) is 18.8 Å². The van der Waals surface area contributed by atoms with Gasteiger partial charge >= 0.3 is 0 Å². The minimum absolute atomic E-state index is 0.0278. The minimum Gasteiger partial charge on any atom is -0.494 e. The van der Waals surface area contributed by atoms with E-state index in [0.29, 0.717) is 23.7 Å². The SMILES string of the molecule is CCOc1ccc(/C=C/C(=O)Nc2ccc3c(c2)N(C)C(=O)CO3)cc1. The van der Waals surface area contributed by atoms with Crippen LogP contribution in [0, 0.1) is 0 Å². The van der Waals surface area contributed by atoms with Gasteiger partial charge in [0.05, 0.1) is 12.3 Å². The normalized spacial score (nSPS) is 13.3. The topological polar surface area (TPSA) is 67.9 Å². The first-order chi connectivity index (χ1) is 12.6. The van der Waals surface area contributed by atoms with E-state index in [0.717, 1.165) is 11.3 Å². The van der Waals surface area contributed by atoms with Gasteiger partial charge in [-0.2, -0.15) is 0 Å². The molecule has 0 atom stereocenters. The third-order valence-electron chi connectivity index (χ3n) is 3.93. The highest BCUT2D eigenvalue weighted by molar-refractivity contribution is 6.03. The molecule has 0 unspecified atom stereocenters. The largest absolute Gasteiger partial charge is 0.494 e. The van der Waals surface area contributed by atoms with Gasteiger partial charge in [0.2, 0.25) is 5.91 Å². The molecule has 1 aliphatic rings. The minimum atomic E-state index is -0.260. The molecule has 2 aromatic rings. The second-order valence-corrected chi connectivity index (χ2v) is 5.75. The first kappa shape index (κ1) is 17.5. The summed E-state index contributed by atoms with van der Waals surface area (Å²) < 4.78 is 10.8. The molecule has 1 aliphatic heterocycles. The van der Waals surface area contributed by atoms with Crippen LogP contribution in [-0.2, 0) is 9.59 Å². The lowest BCUT2D eigenvalue weighted by Gasteiger charge is -2.26. The Morgan fingerprint density at radius 3 is 2.77 bits per heavy atom. The van der Waals surface area contributed by atoms with Gasteiger partial charge in [-0.25, -0.2) is 0 Å². The van der Waals surface area contributed by atoms with Crippen molar-refractivity contribution in [1.82, 2.24) is 0 Å². The van der Waals surface area contributed by atoms with Crippen LogP contribution in [0.2, 0.25) is 0 Å². The maximum absolute atomic E-state index is 12.1. The highest BCUT2D eigenvalue weighted by atomic mass is 16.5. The Hall–Kier alpha value is -3.28. The second kappa shape index (κ2) is 7.74. The summed E-state index contributed by atoms with van der Waals surface area (Å²) in [4.78, 5) is 25.4. The Kier molecular flexibility index (Phi) is 5.22. The van der Waals surface area contributed by atoms with Crippen molar-refractivity contribution in [3.05, 3.63) is 54.1 Å². The van der Waals surface area contributed by atoms with Crippen LogP contribution in [0.15, 0.2) is 48.5 Å². The van der Waals surface area contributed by atoms with Gasteiger partial charge in [0.1, 0.15) is 11.5 Å². The van der Waals surface area contributed by atoms with E-state index in [1.165, 1.54) is 11.0 Å². The second-order valence-electron chi connectivity index (χ2n) is 5.75. The Morgan fingerprint density at radius 1 is 1.27 bits per heavy atom. The summed E-state index contributed by atoms with van der Waals surface area (Å²) in [5.74, 6) is 1.03. The number of hydrogen-bond acceptors (Lipinski definition) is 4. The summed E-state index contributed by atoms with van der Waals surface area (Å²) >= 11 is 0. The van der Waals surface area contributed by atoms with E-state index in [9.17, 15) is 9.59 Å². The van der Waals surface area contributed by atoms with Crippen molar-refractivity contribution < 1.29 is 19.1 Å². The van der Waals surface area contributed by atoms with Crippen LogP contribution in [0.4, 0.5) is 11.4 Å². The van der Waals surface area contributed by atoms with Crippen LogP contribution < -0.4 is 19.7 Å². The van der Waals surface area contributed by atoms with Gasteiger partial charge in [-0.15, -0.1) is 0 Å². The lowest BCUT2D eigenvalue weighted by atomic mass is 10.2. The van der Waals surface area contributed by atoms with E-state index in [-0.39, 0.29) is 18.4 Å². The van der Waals surface area contributed by atoms with Gasteiger partial charge in [0.25, 0.3) is 5.91 Å². The van der Waals surface area contributed by atoms with Crippen LogP contribution in [0.25, 0.3) is 6.08 Å². The van der Waals surface area contributed by atoms with E-state index >= 15 is 0 Å². The standard InChI is InChI=1S/C20H20N2O4/c1-3-25-16-8-4-14(5-9-16)6-11-19(23)21-15-7-10-18-17(12-15)22(2)20(24)13-26-18/h4-12H,3,13H2,1-2H3,(H,21,23)/b11-6+. The molecule has 1 N–H and O–H groups in total. The van der Waals surface area contributed by atoms with Crippen LogP contribution in [0.1, 0.15) is 12.5 Å². The average Bonchev–Trinajstić information content (AvgIpc) is 2.65. The zero-order valence-corrected chi connectivity index (χ0v) is 14.7. The van der Waals surface area contributed by atoms with Gasteiger partial charge < -0.3 is 19.7 Å². The highest BCUT2D eigenvalue weighted by Crippen LogP contribution is 2.33. The maximum Gasteiger partial charge on any atom is 0.264 e. The molecular formula is C20H20N2O4. The molecule has 26 heavy (non-hydrogen) atoms. The van der Waals surface area contributed by atoms with Crippen molar-refractivity contribution in [3.8, 4) is 11.5 Å². The quantitative estimate of drug-likeness (QED) is 0.840. The number of amides is 2. The van der Waals surface area contributed by atoms with E-state index < -0.39 is 0 Å². The molecule has 0 radical (unpaired) electrons. The lowest BCUT2D eigenvalue weighted by molar-refractivity contribution is -0.121. The van der Waals surface area contributed by atoms with Gasteiger partial charge in [-0.05, 0) is 48.9 Å². The summed E-state index contributed by atoms with van der Waals surface area (Å²) in [6.45, 7) is 2.57. The van der Waals surface area contributed by atoms with Crippen LogP contribution >= 0.6 is 0 Å². The molecule has 0 saturated heterocycles. The molecule has 6 heteroatoms. The number of ether oxygens (including phenoxy) is 2. The molecule has 1 heterocycles. The summed E-state index contributed by atoms with van der Waals surface area (Å²) in [5.41, 5.74) is 2.12. The number of nitrogens with one attached hydrogen (secondary N) is 1. The summed E-state index contributed by atoms with van der Waals surface area (Å²) in [5, 5.41) is 2.79. The number of hydrogen-bond donors (Lipinski definition) is 1. The predicted molar refractivity (Wildman–Crippen MR) is 101 cm³/mol. The number of anilines is 2. The number of rotatable bonds is 5. The number of carbonyl (C=O) groups is 2. The fourth-order valence-electron chi connectivity index (χ4n) is 2.55. The van der Waals surface area contributed by atoms with E-state index in [1.807, 2.05) is 31.2 Å². The predicted octanol–water partition coefficient (Wildman–Crippen LogP) is 3.09. The molecule has 2 aromatic carbocycles. The van der Waals surface area contributed by atoms with Crippen molar-refractivity contribution in [2.24, 2.45) is 0 Å². The van der Waals surface area contributed by atoms with Crippen LogP contribution in [-0.4, -0.2) is 32.1 Å². The Bertz CT molecular complexity index is 843. The highest BCUT2D eigenvalue weighted by Gasteiger charge is 2.22. The van der Waals surface area contributed by atoms with Gasteiger partial charge in [0.15, 0.2) is 6.61 Å². The zero-order chi connectivity index (χ0) is 18.5. The number of nitrogens with zero attached hydrogens (tertiary/aromatic N) is 1. The number of benzene rings is 2. The van der Waals surface area contributed by atoms with Crippen LogP contribution in [0.3, 0.4) is 0 Å². The molecule has 0 aromatic heterocycles. The summed E-state index contributed by atoms with van der Waals surface area (Å²) in [6.07, 6.45) is 3.18. The van der Waals surface area contributed by atoms with E-state index in [2.05, 4.69) is 5.32 Å². The first-order valence-electron chi connectivity index (χ1n) is 8.32. The van der Waals surface area contributed by atoms with Gasteiger partial charge in [-0.1, -0.05) is 12.1 Å². The monoisotopic (exact) mass is 352 g/mol. The van der Waals surface area contributed by atoms with Crippen LogP contribution in [0.5, 0.6) is 11.5 Å². The summed E-state index contributed by atoms with van der Waals surface area (Å²) in [7, 11) is 1.68. The van der Waals surface area contributed by atoms with E-state index in [1.54, 1.807) is 31.3 Å². The number of fused-ring (bicyclic) bond motifs is 1. The molecule has 0 fully saturated rings. The van der Waals surface area contributed by atoms with E-state index in [4.69, 9.17) is 9.47 Å². The smallest absolute Gasteiger partial charge is 0.264 e. The fourth-order valence-corrected chi connectivity index (χ4v) is 2.55. The molecular weight excluding hydrogens is 332 g/mol. The molecule has 3 rings (SSSR count). The number of carbonyl (C=O) groups excluding carboxylic acids is 2. The first-order valence-corrected chi connectivity index (χ1v) is 8.32. The van der Waals surface area contributed by atoms with Crippen molar-refractivity contribution in [2.75, 3.05) is 30.5 Å². The maximum atomic E-state index is 12.1. The molecule has 0 saturated carbocycles. The molecule has 0 bridgehead atoms. The Morgan fingerprint density at radius 2 is 2.04 bits per heavy atom. The molecule has 6 nitrogen and oxygen atoms in total. The fraction of sp³-hybridized carbons (Fsp3) is 0.200. The Labute approximate surface area is 152 Å².